The monoisotopic (exact) mass is 230 g/mol. The third-order valence-corrected chi connectivity index (χ3v) is 4.12. The predicted molar refractivity (Wildman–Crippen MR) is 57.4 cm³/mol. The molecule has 2 rings (SSSR count). The molecule has 1 fully saturated rings. The summed E-state index contributed by atoms with van der Waals surface area (Å²) in [6, 6.07) is 0. The first-order valence-electron chi connectivity index (χ1n) is 4.43. The van der Waals surface area contributed by atoms with Gasteiger partial charge < -0.3 is 5.11 Å². The van der Waals surface area contributed by atoms with Gasteiger partial charge in [0.05, 0.1) is 5.56 Å². The highest BCUT2D eigenvalue weighted by Crippen LogP contribution is 2.60. The van der Waals surface area contributed by atoms with E-state index >= 15 is 0 Å². The van der Waals surface area contributed by atoms with E-state index in [1.165, 1.54) is 11.3 Å². The molecule has 1 aromatic rings. The van der Waals surface area contributed by atoms with Crippen LogP contribution in [0.5, 0.6) is 0 Å². The van der Waals surface area contributed by atoms with Crippen LogP contribution in [0, 0.1) is 5.41 Å². The number of carbonyl (C=O) groups is 1. The Morgan fingerprint density at radius 2 is 2.29 bits per heavy atom. The molecule has 1 aliphatic rings. The van der Waals surface area contributed by atoms with Crippen molar-refractivity contribution in [3.63, 3.8) is 0 Å². The summed E-state index contributed by atoms with van der Waals surface area (Å²) >= 11 is 7.16. The topological polar surface area (TPSA) is 37.3 Å². The first kappa shape index (κ1) is 9.99. The van der Waals surface area contributed by atoms with Gasteiger partial charge in [0.2, 0.25) is 0 Å². The fourth-order valence-electron chi connectivity index (χ4n) is 1.81. The van der Waals surface area contributed by atoms with Gasteiger partial charge in [-0.25, -0.2) is 4.79 Å². The molecule has 0 radical (unpaired) electrons. The Morgan fingerprint density at radius 3 is 2.71 bits per heavy atom. The Hall–Kier alpha value is -0.540. The van der Waals surface area contributed by atoms with Crippen LogP contribution in [0.2, 0.25) is 4.34 Å². The van der Waals surface area contributed by atoms with Gasteiger partial charge in [-0.3, -0.25) is 0 Å². The number of thiophene rings is 1. The molecule has 0 spiro atoms. The van der Waals surface area contributed by atoms with Gasteiger partial charge in [-0.1, -0.05) is 25.4 Å². The number of hydrogen-bond donors (Lipinski definition) is 1. The molecule has 1 aromatic heterocycles. The number of carboxylic acids is 1. The highest BCUT2D eigenvalue weighted by molar-refractivity contribution is 7.15. The van der Waals surface area contributed by atoms with Crippen molar-refractivity contribution in [1.29, 1.82) is 0 Å². The third-order valence-electron chi connectivity index (χ3n) is 2.88. The van der Waals surface area contributed by atoms with Gasteiger partial charge in [-0.2, -0.15) is 0 Å². The van der Waals surface area contributed by atoms with Gasteiger partial charge in [0.1, 0.15) is 4.34 Å². The third kappa shape index (κ3) is 1.44. The first-order valence-corrected chi connectivity index (χ1v) is 5.69. The highest BCUT2D eigenvalue weighted by Gasteiger charge is 2.48. The van der Waals surface area contributed by atoms with E-state index in [-0.39, 0.29) is 5.41 Å². The molecule has 1 atom stereocenters. The average Bonchev–Trinajstić information content (AvgIpc) is 2.54. The standard InChI is InChI=1S/C10H11ClO2S/c1-10(2)3-6(10)5-4-14-8(11)7(5)9(12)13/h4,6H,3H2,1-2H3,(H,12,13). The Labute approximate surface area is 91.5 Å². The second-order valence-corrected chi connectivity index (χ2v) is 5.87. The van der Waals surface area contributed by atoms with Crippen LogP contribution in [-0.2, 0) is 0 Å². The molecule has 76 valence electrons. The van der Waals surface area contributed by atoms with Crippen molar-refractivity contribution in [3.05, 3.63) is 20.8 Å². The van der Waals surface area contributed by atoms with Crippen molar-refractivity contribution in [1.82, 2.24) is 0 Å². The SMILES string of the molecule is CC1(C)CC1c1csc(Cl)c1C(=O)O. The number of carboxylic acid groups (broad SMARTS) is 1. The van der Waals surface area contributed by atoms with E-state index in [0.29, 0.717) is 15.8 Å². The summed E-state index contributed by atoms with van der Waals surface area (Å²) < 4.78 is 0.398. The summed E-state index contributed by atoms with van der Waals surface area (Å²) in [6.45, 7) is 4.30. The van der Waals surface area contributed by atoms with E-state index < -0.39 is 5.97 Å². The summed E-state index contributed by atoms with van der Waals surface area (Å²) in [7, 11) is 0. The van der Waals surface area contributed by atoms with E-state index in [4.69, 9.17) is 16.7 Å². The highest BCUT2D eigenvalue weighted by atomic mass is 35.5. The molecule has 1 unspecified atom stereocenters. The van der Waals surface area contributed by atoms with Crippen LogP contribution in [0.3, 0.4) is 0 Å². The Morgan fingerprint density at radius 1 is 1.71 bits per heavy atom. The largest absolute Gasteiger partial charge is 0.478 e. The molecule has 0 aromatic carbocycles. The maximum absolute atomic E-state index is 11.0. The van der Waals surface area contributed by atoms with Crippen LogP contribution < -0.4 is 0 Å². The molecular weight excluding hydrogens is 220 g/mol. The van der Waals surface area contributed by atoms with Gasteiger partial charge in [0.15, 0.2) is 0 Å². The van der Waals surface area contributed by atoms with Crippen molar-refractivity contribution in [2.24, 2.45) is 5.41 Å². The minimum Gasteiger partial charge on any atom is -0.478 e. The van der Waals surface area contributed by atoms with Gasteiger partial charge >= 0.3 is 5.97 Å². The lowest BCUT2D eigenvalue weighted by molar-refractivity contribution is 0.0696. The molecule has 1 aliphatic carbocycles. The van der Waals surface area contributed by atoms with Crippen molar-refractivity contribution < 1.29 is 9.90 Å². The van der Waals surface area contributed by atoms with Gasteiger partial charge in [0, 0.05) is 0 Å². The molecule has 0 aliphatic heterocycles. The van der Waals surface area contributed by atoms with Crippen LogP contribution >= 0.6 is 22.9 Å². The number of hydrogen-bond acceptors (Lipinski definition) is 2. The molecule has 1 heterocycles. The van der Waals surface area contributed by atoms with Crippen molar-refractivity contribution in [2.45, 2.75) is 26.2 Å². The normalized spacial score (nSPS) is 23.5. The van der Waals surface area contributed by atoms with E-state index in [2.05, 4.69) is 13.8 Å². The molecule has 0 amide bonds. The van der Waals surface area contributed by atoms with Crippen molar-refractivity contribution in [2.75, 3.05) is 0 Å². The van der Waals surface area contributed by atoms with Crippen molar-refractivity contribution in [3.8, 4) is 0 Å². The van der Waals surface area contributed by atoms with E-state index in [1.54, 1.807) is 0 Å². The average molecular weight is 231 g/mol. The minimum absolute atomic E-state index is 0.245. The zero-order valence-electron chi connectivity index (χ0n) is 8.00. The molecule has 14 heavy (non-hydrogen) atoms. The van der Waals surface area contributed by atoms with E-state index in [9.17, 15) is 4.79 Å². The summed E-state index contributed by atoms with van der Waals surface area (Å²) in [4.78, 5) is 11.0. The quantitative estimate of drug-likeness (QED) is 0.843. The smallest absolute Gasteiger partial charge is 0.338 e. The van der Waals surface area contributed by atoms with Crippen LogP contribution in [0.15, 0.2) is 5.38 Å². The predicted octanol–water partition coefficient (Wildman–Crippen LogP) is 3.61. The molecule has 1 saturated carbocycles. The summed E-state index contributed by atoms with van der Waals surface area (Å²) in [6.07, 6.45) is 1.06. The Bertz CT molecular complexity index is 395. The fraction of sp³-hybridized carbons (Fsp3) is 0.500. The maximum atomic E-state index is 11.0. The van der Waals surface area contributed by atoms with Crippen LogP contribution in [0.1, 0.15) is 42.1 Å². The lowest BCUT2D eigenvalue weighted by Gasteiger charge is -2.02. The Balaban J connectivity index is 2.40. The second kappa shape index (κ2) is 2.97. The first-order chi connectivity index (χ1) is 6.43. The Kier molecular flexibility index (Phi) is 2.12. The fourth-order valence-corrected chi connectivity index (χ4v) is 2.97. The van der Waals surface area contributed by atoms with Gasteiger partial charge in [0.25, 0.3) is 0 Å². The number of aromatic carboxylic acids is 1. The summed E-state index contributed by atoms with van der Waals surface area (Å²) in [5.41, 5.74) is 1.47. The second-order valence-electron chi connectivity index (χ2n) is 4.39. The molecule has 0 bridgehead atoms. The molecule has 0 saturated heterocycles. The van der Waals surface area contributed by atoms with Crippen LogP contribution in [-0.4, -0.2) is 11.1 Å². The van der Waals surface area contributed by atoms with Crippen LogP contribution in [0.4, 0.5) is 0 Å². The number of halogens is 1. The van der Waals surface area contributed by atoms with Crippen molar-refractivity contribution >= 4 is 28.9 Å². The summed E-state index contributed by atoms with van der Waals surface area (Å²) in [5.74, 6) is -0.536. The number of rotatable bonds is 2. The van der Waals surface area contributed by atoms with Gasteiger partial charge in [-0.15, -0.1) is 11.3 Å². The van der Waals surface area contributed by atoms with E-state index in [0.717, 1.165) is 12.0 Å². The van der Waals surface area contributed by atoms with E-state index in [1.807, 2.05) is 5.38 Å². The van der Waals surface area contributed by atoms with Crippen LogP contribution in [0.25, 0.3) is 0 Å². The zero-order valence-corrected chi connectivity index (χ0v) is 9.58. The molecule has 2 nitrogen and oxygen atoms in total. The zero-order chi connectivity index (χ0) is 10.5. The maximum Gasteiger partial charge on any atom is 0.338 e. The minimum atomic E-state index is -0.908. The molecular formula is C10H11ClO2S. The molecule has 1 N–H and O–H groups in total. The lowest BCUT2D eigenvalue weighted by atomic mass is 10.0. The summed E-state index contributed by atoms with van der Waals surface area (Å²) in [5, 5.41) is 10.9. The lowest BCUT2D eigenvalue weighted by Crippen LogP contribution is -2.00. The molecule has 4 heteroatoms. The van der Waals surface area contributed by atoms with Gasteiger partial charge in [-0.05, 0) is 28.7 Å².